The molecular weight excluding hydrogens is 620 g/mol. The summed E-state index contributed by atoms with van der Waals surface area (Å²) in [4.78, 5) is 17.0. The van der Waals surface area contributed by atoms with Crippen LogP contribution < -0.4 is 14.4 Å². The fourth-order valence-corrected chi connectivity index (χ4v) is 6.21. The highest BCUT2D eigenvalue weighted by Gasteiger charge is 2.22. The molecule has 1 aliphatic heterocycles. The molecule has 50 heavy (non-hydrogen) atoms. The highest BCUT2D eigenvalue weighted by atomic mass is 16.5. The number of hydrogen-bond acceptors (Lipinski definition) is 6. The first-order valence-corrected chi connectivity index (χ1v) is 17.4. The number of piperazine rings is 1. The van der Waals surface area contributed by atoms with Gasteiger partial charge in [0, 0.05) is 44.3 Å². The van der Waals surface area contributed by atoms with Gasteiger partial charge in [0.1, 0.15) is 24.7 Å². The monoisotopic (exact) mass is 666 g/mol. The molecule has 1 heterocycles. The maximum Gasteiger partial charge on any atom is 0.338 e. The fourth-order valence-electron chi connectivity index (χ4n) is 6.21. The van der Waals surface area contributed by atoms with Crippen molar-refractivity contribution >= 4 is 11.7 Å². The smallest absolute Gasteiger partial charge is 0.338 e. The van der Waals surface area contributed by atoms with Gasteiger partial charge in [-0.2, -0.15) is 0 Å². The molecule has 0 N–H and O–H groups in total. The van der Waals surface area contributed by atoms with Crippen molar-refractivity contribution < 1.29 is 19.0 Å². The molecule has 1 atom stereocenters. The van der Waals surface area contributed by atoms with E-state index in [2.05, 4.69) is 103 Å². The van der Waals surface area contributed by atoms with E-state index in [-0.39, 0.29) is 12.6 Å². The molecule has 0 bridgehead atoms. The second-order valence-electron chi connectivity index (χ2n) is 12.8. The van der Waals surface area contributed by atoms with Crippen LogP contribution >= 0.6 is 0 Å². The lowest BCUT2D eigenvalue weighted by Gasteiger charge is -2.39. The lowest BCUT2D eigenvalue weighted by molar-refractivity contribution is 0.0549. The number of carbonyl (C=O) groups excluding carboxylic acids is 1. The highest BCUT2D eigenvalue weighted by Crippen LogP contribution is 2.29. The molecule has 0 aromatic heterocycles. The first-order valence-electron chi connectivity index (χ1n) is 17.4. The minimum Gasteiger partial charge on any atom is -0.493 e. The summed E-state index contributed by atoms with van der Waals surface area (Å²) in [6.45, 7) is 13.1. The molecule has 0 saturated carbocycles. The molecule has 1 saturated heterocycles. The van der Waals surface area contributed by atoms with Crippen molar-refractivity contribution in [1.29, 1.82) is 0 Å². The van der Waals surface area contributed by atoms with Gasteiger partial charge in [-0.05, 0) is 90.2 Å². The van der Waals surface area contributed by atoms with Crippen molar-refractivity contribution in [3.05, 3.63) is 162 Å². The van der Waals surface area contributed by atoms with E-state index in [1.165, 1.54) is 22.3 Å². The van der Waals surface area contributed by atoms with Gasteiger partial charge in [0.25, 0.3) is 0 Å². The Morgan fingerprint density at radius 3 is 2.16 bits per heavy atom. The molecule has 1 aliphatic rings. The van der Waals surface area contributed by atoms with Crippen molar-refractivity contribution in [3.63, 3.8) is 0 Å². The average Bonchev–Trinajstić information content (AvgIpc) is 3.17. The first kappa shape index (κ1) is 34.5. The Labute approximate surface area is 296 Å². The third-order valence-electron chi connectivity index (χ3n) is 9.33. The second kappa shape index (κ2) is 16.9. The predicted molar refractivity (Wildman–Crippen MR) is 202 cm³/mol. The van der Waals surface area contributed by atoms with E-state index in [1.54, 1.807) is 6.08 Å². The van der Waals surface area contributed by atoms with Gasteiger partial charge in [0.05, 0.1) is 12.2 Å². The fraction of sp³-hybridized carbons (Fsp3) is 0.250. The summed E-state index contributed by atoms with van der Waals surface area (Å²) in [6, 6.07) is 41.9. The highest BCUT2D eigenvalue weighted by molar-refractivity contribution is 5.89. The maximum absolute atomic E-state index is 12.1. The summed E-state index contributed by atoms with van der Waals surface area (Å²) in [5.41, 5.74) is 8.94. The van der Waals surface area contributed by atoms with Crippen LogP contribution in [0.4, 0.5) is 5.69 Å². The third kappa shape index (κ3) is 9.21. The van der Waals surface area contributed by atoms with Gasteiger partial charge in [-0.25, -0.2) is 4.79 Å². The van der Waals surface area contributed by atoms with E-state index in [1.807, 2.05) is 48.5 Å². The van der Waals surface area contributed by atoms with Gasteiger partial charge in [0.15, 0.2) is 0 Å². The van der Waals surface area contributed by atoms with Crippen LogP contribution in [0.25, 0.3) is 11.1 Å². The van der Waals surface area contributed by atoms with E-state index in [4.69, 9.17) is 14.2 Å². The van der Waals surface area contributed by atoms with Crippen LogP contribution in [0.15, 0.2) is 134 Å². The second-order valence-corrected chi connectivity index (χ2v) is 12.8. The van der Waals surface area contributed by atoms with Crippen LogP contribution in [0.5, 0.6) is 11.5 Å². The summed E-state index contributed by atoms with van der Waals surface area (Å²) in [6.07, 6.45) is 2.46. The molecule has 1 unspecified atom stereocenters. The van der Waals surface area contributed by atoms with Crippen LogP contribution in [-0.2, 0) is 17.8 Å². The third-order valence-corrected chi connectivity index (χ3v) is 9.33. The Kier molecular flexibility index (Phi) is 11.6. The minimum atomic E-state index is -0.323. The van der Waals surface area contributed by atoms with E-state index in [0.29, 0.717) is 24.8 Å². The zero-order chi connectivity index (χ0) is 34.7. The van der Waals surface area contributed by atoms with Crippen molar-refractivity contribution in [2.45, 2.75) is 32.9 Å². The molecule has 1 fully saturated rings. The number of anilines is 1. The molecular formula is C44H46N2O4. The molecule has 5 aromatic carbocycles. The number of hydrogen-bond donors (Lipinski definition) is 0. The SMILES string of the molecule is C=CCOC(=O)c1ccc(N2CCN(C(C)c3ccc(-c4cccc(OCc5ccc(OCCc6ccc(C)cc6)cc5)c4)cc3)CC2)cc1. The molecule has 6 heteroatoms. The van der Waals surface area contributed by atoms with Gasteiger partial charge >= 0.3 is 5.97 Å². The largest absolute Gasteiger partial charge is 0.493 e. The van der Waals surface area contributed by atoms with Crippen molar-refractivity contribution in [3.8, 4) is 22.6 Å². The van der Waals surface area contributed by atoms with Crippen LogP contribution in [-0.4, -0.2) is 50.3 Å². The summed E-state index contributed by atoms with van der Waals surface area (Å²) in [5, 5.41) is 0. The summed E-state index contributed by atoms with van der Waals surface area (Å²) < 4.78 is 17.3. The molecule has 0 amide bonds. The minimum absolute atomic E-state index is 0.218. The number of esters is 1. The Hall–Kier alpha value is -5.33. The average molecular weight is 667 g/mol. The van der Waals surface area contributed by atoms with E-state index in [0.717, 1.165) is 60.9 Å². The summed E-state index contributed by atoms with van der Waals surface area (Å²) in [7, 11) is 0. The lowest BCUT2D eigenvalue weighted by atomic mass is 10.00. The zero-order valence-corrected chi connectivity index (χ0v) is 29.1. The van der Waals surface area contributed by atoms with E-state index >= 15 is 0 Å². The molecule has 0 spiro atoms. The molecule has 256 valence electrons. The number of benzene rings is 5. The standard InChI is InChI=1S/C44H46N2O4/c1-4-29-49-44(47)39-18-20-41(21-19-39)46-27-25-45(26-28-46)34(3)37-14-16-38(17-15-37)40-6-5-7-43(31-40)50-32-36-12-22-42(23-13-36)48-30-24-35-10-8-33(2)9-11-35/h4-23,31,34H,1,24-30,32H2,2-3H3. The summed E-state index contributed by atoms with van der Waals surface area (Å²) >= 11 is 0. The topological polar surface area (TPSA) is 51.2 Å². The Bertz CT molecular complexity index is 1830. The normalized spacial score (nSPS) is 13.8. The Morgan fingerprint density at radius 2 is 1.46 bits per heavy atom. The van der Waals surface area contributed by atoms with Crippen LogP contribution in [0.2, 0.25) is 0 Å². The van der Waals surface area contributed by atoms with Crippen molar-refractivity contribution in [1.82, 2.24) is 4.90 Å². The molecule has 5 aromatic rings. The predicted octanol–water partition coefficient (Wildman–Crippen LogP) is 9.09. The maximum atomic E-state index is 12.1. The van der Waals surface area contributed by atoms with Gasteiger partial charge in [-0.3, -0.25) is 4.90 Å². The molecule has 0 aliphatic carbocycles. The lowest BCUT2D eigenvalue weighted by Crippen LogP contribution is -2.47. The number of nitrogens with zero attached hydrogens (tertiary/aromatic N) is 2. The van der Waals surface area contributed by atoms with E-state index in [9.17, 15) is 4.79 Å². The first-order chi connectivity index (χ1) is 24.4. The van der Waals surface area contributed by atoms with Gasteiger partial charge in [0.2, 0.25) is 0 Å². The van der Waals surface area contributed by atoms with Crippen LogP contribution in [0.1, 0.15) is 45.6 Å². The van der Waals surface area contributed by atoms with Crippen LogP contribution in [0.3, 0.4) is 0 Å². The quantitative estimate of drug-likeness (QED) is 0.0871. The Morgan fingerprint density at radius 1 is 0.760 bits per heavy atom. The van der Waals surface area contributed by atoms with Crippen molar-refractivity contribution in [2.75, 3.05) is 44.3 Å². The molecule has 6 nitrogen and oxygen atoms in total. The zero-order valence-electron chi connectivity index (χ0n) is 29.1. The number of ether oxygens (including phenoxy) is 3. The van der Waals surface area contributed by atoms with E-state index < -0.39 is 0 Å². The van der Waals surface area contributed by atoms with Gasteiger partial charge in [-0.15, -0.1) is 0 Å². The number of carbonyl (C=O) groups is 1. The number of rotatable bonds is 14. The van der Waals surface area contributed by atoms with Crippen molar-refractivity contribution in [2.24, 2.45) is 0 Å². The molecule has 6 rings (SSSR count). The van der Waals surface area contributed by atoms with Crippen LogP contribution in [0, 0.1) is 6.92 Å². The number of aryl methyl sites for hydroxylation is 1. The summed E-state index contributed by atoms with van der Waals surface area (Å²) in [5.74, 6) is 1.39. The molecule has 0 radical (unpaired) electrons. The Balaban J connectivity index is 0.964. The van der Waals surface area contributed by atoms with Gasteiger partial charge in [-0.1, -0.05) is 91.0 Å². The van der Waals surface area contributed by atoms with Gasteiger partial charge < -0.3 is 19.1 Å².